The Hall–Kier alpha value is -3.35. The minimum Gasteiger partial charge on any atom is -0.490 e. The average molecular weight is 424 g/mol. The molecule has 0 atom stereocenters. The van der Waals surface area contributed by atoms with Gasteiger partial charge in [0, 0.05) is 44.2 Å². The van der Waals surface area contributed by atoms with Gasteiger partial charge in [0.25, 0.3) is 0 Å². The number of hydrogen-bond donors (Lipinski definition) is 0. The molecule has 0 unspecified atom stereocenters. The molecule has 6 nitrogen and oxygen atoms in total. The average Bonchev–Trinajstić information content (AvgIpc) is 3.02. The number of carbonyl (C=O) groups excluding carboxylic acids is 2. The summed E-state index contributed by atoms with van der Waals surface area (Å²) in [4.78, 5) is 27.7. The highest BCUT2D eigenvalue weighted by Gasteiger charge is 2.22. The maximum absolute atomic E-state index is 14.4. The standard InChI is InChI=1S/C24H25FN2O4/c1-17(28)19-5-6-21(20(25)16-19)26-9-11-27(12-10-26)24(29)8-4-18-3-7-22-23(15-18)31-14-2-13-30-22/h3-8,15-16H,2,9-14H2,1H3/b8-4+. The van der Waals surface area contributed by atoms with Crippen LogP contribution in [0.5, 0.6) is 11.5 Å². The predicted octanol–water partition coefficient (Wildman–Crippen LogP) is 3.55. The molecule has 2 aliphatic rings. The van der Waals surface area contributed by atoms with Gasteiger partial charge in [-0.25, -0.2) is 4.39 Å². The van der Waals surface area contributed by atoms with E-state index in [2.05, 4.69) is 0 Å². The van der Waals surface area contributed by atoms with E-state index in [9.17, 15) is 14.0 Å². The third kappa shape index (κ3) is 4.87. The summed E-state index contributed by atoms with van der Waals surface area (Å²) in [6.07, 6.45) is 4.16. The number of fused-ring (bicyclic) bond motifs is 1. The van der Waals surface area contributed by atoms with E-state index >= 15 is 0 Å². The molecule has 2 aliphatic heterocycles. The molecule has 7 heteroatoms. The Kier molecular flexibility index (Phi) is 6.21. The van der Waals surface area contributed by atoms with Crippen LogP contribution in [0.2, 0.25) is 0 Å². The van der Waals surface area contributed by atoms with Gasteiger partial charge in [-0.2, -0.15) is 0 Å². The molecular formula is C24H25FN2O4. The van der Waals surface area contributed by atoms with Gasteiger partial charge in [-0.05, 0) is 48.9 Å². The van der Waals surface area contributed by atoms with Gasteiger partial charge in [0.05, 0.1) is 18.9 Å². The summed E-state index contributed by atoms with van der Waals surface area (Å²) in [5.74, 6) is 0.751. The van der Waals surface area contributed by atoms with Gasteiger partial charge in [-0.3, -0.25) is 9.59 Å². The van der Waals surface area contributed by atoms with Crippen LogP contribution in [0.4, 0.5) is 10.1 Å². The molecule has 0 bridgehead atoms. The first kappa shape index (κ1) is 20.9. The highest BCUT2D eigenvalue weighted by Crippen LogP contribution is 2.30. The number of Topliss-reactive ketones (excluding diaryl/α,β-unsaturated/α-hetero) is 1. The van der Waals surface area contributed by atoms with Crippen molar-refractivity contribution < 1.29 is 23.5 Å². The number of rotatable bonds is 4. The Morgan fingerprint density at radius 1 is 0.968 bits per heavy atom. The van der Waals surface area contributed by atoms with E-state index in [0.717, 1.165) is 17.7 Å². The summed E-state index contributed by atoms with van der Waals surface area (Å²) >= 11 is 0. The number of carbonyl (C=O) groups is 2. The van der Waals surface area contributed by atoms with Gasteiger partial charge in [-0.15, -0.1) is 0 Å². The molecule has 1 amide bonds. The van der Waals surface area contributed by atoms with Crippen molar-refractivity contribution in [3.05, 3.63) is 59.4 Å². The Morgan fingerprint density at radius 3 is 2.42 bits per heavy atom. The third-order valence-corrected chi connectivity index (χ3v) is 5.48. The van der Waals surface area contributed by atoms with Crippen molar-refractivity contribution in [1.82, 2.24) is 4.90 Å². The maximum atomic E-state index is 14.4. The van der Waals surface area contributed by atoms with Crippen LogP contribution in [0, 0.1) is 5.82 Å². The summed E-state index contributed by atoms with van der Waals surface area (Å²) in [5.41, 5.74) is 1.68. The van der Waals surface area contributed by atoms with Crippen molar-refractivity contribution in [3.63, 3.8) is 0 Å². The topological polar surface area (TPSA) is 59.1 Å². The first-order chi connectivity index (χ1) is 15.0. The second-order valence-corrected chi connectivity index (χ2v) is 7.62. The molecule has 0 N–H and O–H groups in total. The van der Waals surface area contributed by atoms with Gasteiger partial charge >= 0.3 is 0 Å². The van der Waals surface area contributed by atoms with Gasteiger partial charge < -0.3 is 19.3 Å². The Balaban J connectivity index is 1.35. The van der Waals surface area contributed by atoms with Crippen LogP contribution in [0.15, 0.2) is 42.5 Å². The van der Waals surface area contributed by atoms with Crippen LogP contribution in [0.3, 0.4) is 0 Å². The molecule has 0 aliphatic carbocycles. The summed E-state index contributed by atoms with van der Waals surface area (Å²) in [6, 6.07) is 10.2. The fraction of sp³-hybridized carbons (Fsp3) is 0.333. The zero-order chi connectivity index (χ0) is 21.8. The minimum atomic E-state index is -0.415. The van der Waals surface area contributed by atoms with Crippen molar-refractivity contribution in [3.8, 4) is 11.5 Å². The number of ketones is 1. The zero-order valence-corrected chi connectivity index (χ0v) is 17.5. The Morgan fingerprint density at radius 2 is 1.71 bits per heavy atom. The molecule has 31 heavy (non-hydrogen) atoms. The lowest BCUT2D eigenvalue weighted by molar-refractivity contribution is -0.126. The second-order valence-electron chi connectivity index (χ2n) is 7.62. The maximum Gasteiger partial charge on any atom is 0.246 e. The van der Waals surface area contributed by atoms with E-state index in [-0.39, 0.29) is 11.7 Å². The quantitative estimate of drug-likeness (QED) is 0.555. The molecule has 0 spiro atoms. The van der Waals surface area contributed by atoms with Crippen LogP contribution in [-0.2, 0) is 4.79 Å². The largest absolute Gasteiger partial charge is 0.490 e. The number of nitrogens with zero attached hydrogens (tertiary/aromatic N) is 2. The number of hydrogen-bond acceptors (Lipinski definition) is 5. The van der Waals surface area contributed by atoms with Crippen LogP contribution in [0.1, 0.15) is 29.3 Å². The third-order valence-electron chi connectivity index (χ3n) is 5.48. The fourth-order valence-electron chi connectivity index (χ4n) is 3.71. The number of anilines is 1. The molecule has 2 aromatic rings. The molecule has 4 rings (SSSR count). The van der Waals surface area contributed by atoms with Crippen molar-refractivity contribution in [2.45, 2.75) is 13.3 Å². The van der Waals surface area contributed by atoms with Gasteiger partial charge in [0.2, 0.25) is 5.91 Å². The minimum absolute atomic E-state index is 0.0841. The summed E-state index contributed by atoms with van der Waals surface area (Å²) in [6.45, 7) is 4.72. The lowest BCUT2D eigenvalue weighted by atomic mass is 10.1. The number of amides is 1. The van der Waals surface area contributed by atoms with Gasteiger partial charge in [-0.1, -0.05) is 6.07 Å². The van der Waals surface area contributed by atoms with E-state index < -0.39 is 5.82 Å². The molecule has 1 fully saturated rings. The summed E-state index contributed by atoms with van der Waals surface area (Å²) in [7, 11) is 0. The summed E-state index contributed by atoms with van der Waals surface area (Å²) in [5, 5.41) is 0. The van der Waals surface area contributed by atoms with E-state index in [4.69, 9.17) is 9.47 Å². The molecule has 1 saturated heterocycles. The molecule has 2 aromatic carbocycles. The monoisotopic (exact) mass is 424 g/mol. The number of benzene rings is 2. The Labute approximate surface area is 180 Å². The van der Waals surface area contributed by atoms with E-state index in [1.54, 1.807) is 29.2 Å². The first-order valence-corrected chi connectivity index (χ1v) is 10.4. The number of halogens is 1. The number of ether oxygens (including phenoxy) is 2. The zero-order valence-electron chi connectivity index (χ0n) is 17.5. The normalized spacial score (nSPS) is 16.3. The van der Waals surface area contributed by atoms with Gasteiger partial charge in [0.1, 0.15) is 5.82 Å². The van der Waals surface area contributed by atoms with Crippen LogP contribution in [0.25, 0.3) is 6.08 Å². The van der Waals surface area contributed by atoms with Gasteiger partial charge in [0.15, 0.2) is 17.3 Å². The molecule has 162 valence electrons. The Bertz CT molecular complexity index is 1010. The van der Waals surface area contributed by atoms with E-state index in [0.29, 0.717) is 56.4 Å². The van der Waals surface area contributed by atoms with E-state index in [1.807, 2.05) is 23.1 Å². The molecule has 2 heterocycles. The molecule has 0 radical (unpaired) electrons. The first-order valence-electron chi connectivity index (χ1n) is 10.4. The summed E-state index contributed by atoms with van der Waals surface area (Å²) < 4.78 is 25.7. The van der Waals surface area contributed by atoms with Crippen LogP contribution in [-0.4, -0.2) is 56.0 Å². The predicted molar refractivity (Wildman–Crippen MR) is 116 cm³/mol. The van der Waals surface area contributed by atoms with Crippen molar-refractivity contribution in [2.24, 2.45) is 0 Å². The SMILES string of the molecule is CC(=O)c1ccc(N2CCN(C(=O)/C=C/c3ccc4c(c3)OCCCO4)CC2)c(F)c1. The van der Waals surface area contributed by atoms with Crippen molar-refractivity contribution >= 4 is 23.5 Å². The van der Waals surface area contributed by atoms with Crippen molar-refractivity contribution in [1.29, 1.82) is 0 Å². The lowest BCUT2D eigenvalue weighted by Crippen LogP contribution is -2.48. The second kappa shape index (κ2) is 9.20. The smallest absolute Gasteiger partial charge is 0.246 e. The highest BCUT2D eigenvalue weighted by molar-refractivity contribution is 5.94. The van der Waals surface area contributed by atoms with E-state index in [1.165, 1.54) is 13.0 Å². The fourth-order valence-corrected chi connectivity index (χ4v) is 3.71. The van der Waals surface area contributed by atoms with Crippen LogP contribution >= 0.6 is 0 Å². The highest BCUT2D eigenvalue weighted by atomic mass is 19.1. The molecular weight excluding hydrogens is 399 g/mol. The van der Waals surface area contributed by atoms with Crippen molar-refractivity contribution in [2.75, 3.05) is 44.3 Å². The van der Waals surface area contributed by atoms with Crippen LogP contribution < -0.4 is 14.4 Å². The molecule has 0 aromatic heterocycles. The number of piperazine rings is 1. The molecule has 0 saturated carbocycles. The lowest BCUT2D eigenvalue weighted by Gasteiger charge is -2.35.